The molecule has 39 heavy (non-hydrogen) atoms. The van der Waals surface area contributed by atoms with Crippen LogP contribution >= 0.6 is 11.6 Å². The number of aromatic amines is 1. The summed E-state index contributed by atoms with van der Waals surface area (Å²) in [5, 5.41) is 10.5. The van der Waals surface area contributed by atoms with E-state index in [1.807, 2.05) is 0 Å². The minimum atomic E-state index is -1.47. The topological polar surface area (TPSA) is 164 Å². The number of methoxy groups -OCH3 is 2. The van der Waals surface area contributed by atoms with E-state index in [9.17, 15) is 19.1 Å². The lowest BCUT2D eigenvalue weighted by Crippen LogP contribution is -2.21. The van der Waals surface area contributed by atoms with Crippen LogP contribution in [0.3, 0.4) is 0 Å². The molecule has 0 saturated carbocycles. The van der Waals surface area contributed by atoms with E-state index >= 15 is 0 Å². The third-order valence-corrected chi connectivity index (χ3v) is 5.84. The van der Waals surface area contributed by atoms with Crippen molar-refractivity contribution in [3.05, 3.63) is 63.0 Å². The highest BCUT2D eigenvalue weighted by molar-refractivity contribution is 6.32. The molecule has 4 rings (SSSR count). The minimum absolute atomic E-state index is 0.00550. The fraction of sp³-hybridized carbons (Fsp3) is 0.280. The molecule has 0 atom stereocenters. The number of ether oxygens (including phenoxy) is 4. The summed E-state index contributed by atoms with van der Waals surface area (Å²) in [7, 11) is 2.74. The van der Waals surface area contributed by atoms with Gasteiger partial charge >= 0.3 is 5.69 Å². The van der Waals surface area contributed by atoms with Crippen molar-refractivity contribution in [2.45, 2.75) is 26.1 Å². The number of aliphatic hydroxyl groups is 1. The smallest absolute Gasteiger partial charge is 0.332 e. The summed E-state index contributed by atoms with van der Waals surface area (Å²) in [5.41, 5.74) is 3.52. The number of rotatable bonds is 10. The van der Waals surface area contributed by atoms with E-state index in [1.165, 1.54) is 52.3 Å². The second-order valence-electron chi connectivity index (χ2n) is 8.79. The zero-order chi connectivity index (χ0) is 28.5. The molecule has 2 aromatic heterocycles. The van der Waals surface area contributed by atoms with Crippen LogP contribution in [0.5, 0.6) is 23.1 Å². The number of carbonyl (C=O) groups excluding carboxylic acids is 1. The maximum Gasteiger partial charge on any atom is 0.332 e. The molecule has 0 fully saturated rings. The van der Waals surface area contributed by atoms with Crippen LogP contribution in [0, 0.1) is 5.82 Å². The molecule has 2 aromatic carbocycles. The zero-order valence-corrected chi connectivity index (χ0v) is 22.1. The van der Waals surface area contributed by atoms with Gasteiger partial charge in [-0.15, -0.1) is 0 Å². The van der Waals surface area contributed by atoms with Crippen molar-refractivity contribution in [2.24, 2.45) is 5.73 Å². The molecule has 4 N–H and O–H groups in total. The molecule has 0 spiro atoms. The van der Waals surface area contributed by atoms with Crippen molar-refractivity contribution in [1.29, 1.82) is 0 Å². The van der Waals surface area contributed by atoms with Crippen LogP contribution in [0.1, 0.15) is 25.2 Å². The third kappa shape index (κ3) is 5.59. The Labute approximate surface area is 226 Å². The summed E-state index contributed by atoms with van der Waals surface area (Å²) in [6.07, 6.45) is 0. The molecule has 14 heteroatoms. The van der Waals surface area contributed by atoms with E-state index in [2.05, 4.69) is 15.0 Å². The van der Waals surface area contributed by atoms with Gasteiger partial charge in [0.1, 0.15) is 29.3 Å². The molecule has 0 aliphatic carbocycles. The van der Waals surface area contributed by atoms with E-state index < -0.39 is 29.6 Å². The second-order valence-corrected chi connectivity index (χ2v) is 9.20. The van der Waals surface area contributed by atoms with E-state index in [4.69, 9.17) is 36.3 Å². The molecule has 1 amide bonds. The van der Waals surface area contributed by atoms with Crippen LogP contribution in [0.4, 0.5) is 4.39 Å². The van der Waals surface area contributed by atoms with Crippen molar-refractivity contribution in [3.63, 3.8) is 0 Å². The number of amides is 1. The first-order valence-corrected chi connectivity index (χ1v) is 11.8. The Kier molecular flexibility index (Phi) is 7.65. The quantitative estimate of drug-likeness (QED) is 0.264. The van der Waals surface area contributed by atoms with E-state index in [0.717, 1.165) is 4.57 Å². The van der Waals surface area contributed by atoms with Gasteiger partial charge in [0.05, 0.1) is 30.5 Å². The SMILES string of the molecule is COc1cccc(F)c1COc1cc(-n2c(=O)[nH]c3c(OC)nc(C(C)(C)O)nc32)c(Cl)cc1OCC(N)=O. The lowest BCUT2D eigenvalue weighted by molar-refractivity contribution is -0.119. The van der Waals surface area contributed by atoms with Crippen LogP contribution in [-0.4, -0.2) is 51.4 Å². The van der Waals surface area contributed by atoms with Crippen LogP contribution in [-0.2, 0) is 17.0 Å². The average molecular weight is 562 g/mol. The second kappa shape index (κ2) is 10.8. The molecule has 12 nitrogen and oxygen atoms in total. The van der Waals surface area contributed by atoms with Crippen LogP contribution in [0.2, 0.25) is 5.02 Å². The van der Waals surface area contributed by atoms with Gasteiger partial charge in [-0.3, -0.25) is 9.78 Å². The summed E-state index contributed by atoms with van der Waals surface area (Å²) in [6.45, 7) is 2.15. The molecule has 0 aliphatic heterocycles. The maximum atomic E-state index is 14.5. The number of aromatic nitrogens is 4. The average Bonchev–Trinajstić information content (AvgIpc) is 3.21. The van der Waals surface area contributed by atoms with Gasteiger partial charge in [0.15, 0.2) is 29.6 Å². The largest absolute Gasteiger partial charge is 0.496 e. The first kappa shape index (κ1) is 27.7. The number of fused-ring (bicyclic) bond motifs is 1. The molecule has 206 valence electrons. The van der Waals surface area contributed by atoms with Gasteiger partial charge in [-0.2, -0.15) is 4.98 Å². The molecule has 4 aromatic rings. The van der Waals surface area contributed by atoms with Gasteiger partial charge in [0, 0.05) is 12.1 Å². The lowest BCUT2D eigenvalue weighted by atomic mass is 10.1. The monoisotopic (exact) mass is 561 g/mol. The standard InChI is InChI=1S/C25H25ClFN5O7/c1-25(2,35)23-30-21-20(22(31-23)37-4)29-24(34)32(21)15-9-18(17(8-13(15)26)39-11-19(28)33)38-10-12-14(27)6-5-7-16(12)36-3/h5-9,35H,10-11H2,1-4H3,(H2,28,33)(H,29,34). The number of H-pyrrole nitrogens is 1. The van der Waals surface area contributed by atoms with E-state index in [0.29, 0.717) is 0 Å². The highest BCUT2D eigenvalue weighted by atomic mass is 35.5. The molecule has 2 heterocycles. The fourth-order valence-electron chi connectivity index (χ4n) is 3.69. The number of carbonyl (C=O) groups is 1. The highest BCUT2D eigenvalue weighted by Gasteiger charge is 2.26. The Bertz CT molecular complexity index is 1610. The number of nitrogens with two attached hydrogens (primary N) is 1. The van der Waals surface area contributed by atoms with Crippen molar-refractivity contribution >= 4 is 28.7 Å². The third-order valence-electron chi connectivity index (χ3n) is 5.54. The Balaban J connectivity index is 1.89. The van der Waals surface area contributed by atoms with Gasteiger partial charge in [0.2, 0.25) is 5.88 Å². The van der Waals surface area contributed by atoms with Crippen LogP contribution in [0.15, 0.2) is 35.1 Å². The lowest BCUT2D eigenvalue weighted by Gasteiger charge is -2.18. The summed E-state index contributed by atoms with van der Waals surface area (Å²) >= 11 is 6.54. The van der Waals surface area contributed by atoms with Gasteiger partial charge in [-0.05, 0) is 26.0 Å². The number of halogens is 2. The van der Waals surface area contributed by atoms with Crippen molar-refractivity contribution in [2.75, 3.05) is 20.8 Å². The Morgan fingerprint density at radius 2 is 1.87 bits per heavy atom. The van der Waals surface area contributed by atoms with E-state index in [1.54, 1.807) is 6.07 Å². The van der Waals surface area contributed by atoms with E-state index in [-0.39, 0.29) is 63.0 Å². The highest BCUT2D eigenvalue weighted by Crippen LogP contribution is 2.37. The fourth-order valence-corrected chi connectivity index (χ4v) is 3.93. The molecule has 0 aliphatic rings. The maximum absolute atomic E-state index is 14.5. The molecular weight excluding hydrogens is 537 g/mol. The summed E-state index contributed by atoms with van der Waals surface area (Å²) in [5.74, 6) is -1.05. The summed E-state index contributed by atoms with van der Waals surface area (Å²) < 4.78 is 37.5. The predicted octanol–water partition coefficient (Wildman–Crippen LogP) is 2.59. The summed E-state index contributed by atoms with van der Waals surface area (Å²) in [4.78, 5) is 35.6. The van der Waals surface area contributed by atoms with Gasteiger partial charge in [-0.1, -0.05) is 17.7 Å². The van der Waals surface area contributed by atoms with Gasteiger partial charge < -0.3 is 29.8 Å². The number of hydrogen-bond acceptors (Lipinski definition) is 9. The summed E-state index contributed by atoms with van der Waals surface area (Å²) in [6, 6.07) is 6.98. The Morgan fingerprint density at radius 1 is 1.15 bits per heavy atom. The number of nitrogens with zero attached hydrogens (tertiary/aromatic N) is 3. The normalized spacial score (nSPS) is 11.5. The van der Waals surface area contributed by atoms with Gasteiger partial charge in [0.25, 0.3) is 5.91 Å². The van der Waals surface area contributed by atoms with Crippen molar-refractivity contribution in [1.82, 2.24) is 19.5 Å². The molecule has 0 radical (unpaired) electrons. The molecular formula is C25H25ClFN5O7. The minimum Gasteiger partial charge on any atom is -0.496 e. The van der Waals surface area contributed by atoms with Gasteiger partial charge in [-0.25, -0.2) is 18.7 Å². The number of imidazole rings is 1. The van der Waals surface area contributed by atoms with Crippen LogP contribution < -0.4 is 30.4 Å². The van der Waals surface area contributed by atoms with Crippen molar-refractivity contribution < 1.29 is 33.2 Å². The Hall–Kier alpha value is -4.36. The first-order valence-electron chi connectivity index (χ1n) is 11.4. The molecule has 0 saturated heterocycles. The predicted molar refractivity (Wildman–Crippen MR) is 138 cm³/mol. The number of nitrogens with one attached hydrogen (secondary N) is 1. The van der Waals surface area contributed by atoms with Crippen LogP contribution in [0.25, 0.3) is 16.9 Å². The number of primary amides is 1. The number of hydrogen-bond donors (Lipinski definition) is 3. The first-order chi connectivity index (χ1) is 18.4. The molecule has 0 bridgehead atoms. The Morgan fingerprint density at radius 3 is 2.51 bits per heavy atom. The molecule has 0 unspecified atom stereocenters. The van der Waals surface area contributed by atoms with Crippen molar-refractivity contribution in [3.8, 4) is 28.8 Å². The zero-order valence-electron chi connectivity index (χ0n) is 21.4. The number of benzene rings is 2.